The monoisotopic (exact) mass is 424 g/mol. The summed E-state index contributed by atoms with van der Waals surface area (Å²) in [4.78, 5) is 23.4. The molecule has 0 unspecified atom stereocenters. The van der Waals surface area contributed by atoms with E-state index in [4.69, 9.17) is 0 Å². The van der Waals surface area contributed by atoms with Crippen LogP contribution in [0, 0.1) is 18.6 Å². The van der Waals surface area contributed by atoms with Gasteiger partial charge in [0.25, 0.3) is 0 Å². The topological polar surface area (TPSA) is 74.6 Å². The Balaban J connectivity index is 2.16. The highest BCUT2D eigenvalue weighted by Crippen LogP contribution is 2.43. The summed E-state index contributed by atoms with van der Waals surface area (Å²) in [6.07, 6.45) is 4.51. The van der Waals surface area contributed by atoms with Crippen LogP contribution < -0.4 is 5.19 Å². The molecule has 30 heavy (non-hydrogen) atoms. The minimum absolute atomic E-state index is 0.0417. The summed E-state index contributed by atoms with van der Waals surface area (Å²) in [6.45, 7) is 5.57. The highest BCUT2D eigenvalue weighted by molar-refractivity contribution is 6.98. The largest absolute Gasteiger partial charge is 0.508 e. The molecule has 1 heterocycles. The molecular formula is C23H18F2O4Si. The number of carboxylic acids is 1. The van der Waals surface area contributed by atoms with Crippen LogP contribution in [0.25, 0.3) is 5.57 Å². The highest BCUT2D eigenvalue weighted by Gasteiger charge is 2.41. The highest BCUT2D eigenvalue weighted by atomic mass is 28.3. The fourth-order valence-corrected chi connectivity index (χ4v) is 7.37. The van der Waals surface area contributed by atoms with Gasteiger partial charge in [-0.1, -0.05) is 25.2 Å². The number of benzene rings is 2. The molecule has 1 aliphatic carbocycles. The number of hydrogen-bond donors (Lipinski definition) is 2. The number of carbonyl (C=O) groups is 2. The molecule has 0 fully saturated rings. The van der Waals surface area contributed by atoms with Crippen molar-refractivity contribution in [3.8, 4) is 5.75 Å². The van der Waals surface area contributed by atoms with Crippen LogP contribution in [0.1, 0.15) is 27.0 Å². The van der Waals surface area contributed by atoms with E-state index in [2.05, 4.69) is 0 Å². The van der Waals surface area contributed by atoms with Crippen LogP contribution in [0.15, 0.2) is 53.3 Å². The molecule has 0 radical (unpaired) electrons. The van der Waals surface area contributed by atoms with Gasteiger partial charge in [-0.15, -0.1) is 0 Å². The van der Waals surface area contributed by atoms with Crippen molar-refractivity contribution < 1.29 is 28.6 Å². The summed E-state index contributed by atoms with van der Waals surface area (Å²) in [5, 5.41) is 20.8. The Hall–Kier alpha value is -3.32. The summed E-state index contributed by atoms with van der Waals surface area (Å²) in [5.41, 5.74) is 1.13. The van der Waals surface area contributed by atoms with Gasteiger partial charge in [0.1, 0.15) is 13.8 Å². The molecular weight excluding hydrogens is 406 g/mol. The first-order valence-corrected chi connectivity index (χ1v) is 12.3. The Bertz CT molecular complexity index is 1250. The number of fused-ring (bicyclic) bond motifs is 2. The Morgan fingerprint density at radius 3 is 2.43 bits per heavy atom. The summed E-state index contributed by atoms with van der Waals surface area (Å²) >= 11 is 0. The smallest absolute Gasteiger partial charge is 0.338 e. The van der Waals surface area contributed by atoms with Gasteiger partial charge in [-0.25, -0.2) is 13.6 Å². The molecule has 4 rings (SSSR count). The predicted molar refractivity (Wildman–Crippen MR) is 112 cm³/mol. The number of phenolic OH excluding ortho intramolecular Hbond substituents is 1. The molecule has 1 aliphatic heterocycles. The number of phenols is 1. The molecule has 0 atom stereocenters. The Kier molecular flexibility index (Phi) is 4.39. The zero-order valence-electron chi connectivity index (χ0n) is 16.5. The quantitative estimate of drug-likeness (QED) is 0.715. The van der Waals surface area contributed by atoms with Crippen molar-refractivity contribution in [3.05, 3.63) is 87.2 Å². The van der Waals surface area contributed by atoms with E-state index in [0.29, 0.717) is 16.7 Å². The first-order valence-electron chi connectivity index (χ1n) is 9.29. The SMILES string of the molecule is Cc1cc(C(=O)O)c(F)c(F)c1C1=C2C=CC(=O)C=C2[Si](C)(C)c2cc(O)ccc21. The summed E-state index contributed by atoms with van der Waals surface area (Å²) in [6, 6.07) is 5.86. The van der Waals surface area contributed by atoms with E-state index in [1.54, 1.807) is 18.2 Å². The molecule has 0 aromatic heterocycles. The van der Waals surface area contributed by atoms with Gasteiger partial charge in [0.15, 0.2) is 17.4 Å². The standard InChI is InChI=1S/C23H18F2O4Si/c1-11-8-16(23(28)29)21(24)22(25)19(11)20-14-6-4-12(26)9-17(14)30(2,3)18-10-13(27)5-7-15(18)20/h4-10,26H,1-3H3,(H,28,29). The number of ketones is 1. The van der Waals surface area contributed by atoms with Crippen LogP contribution in [-0.4, -0.2) is 30.0 Å². The zero-order valence-corrected chi connectivity index (χ0v) is 17.5. The van der Waals surface area contributed by atoms with Gasteiger partial charge in [0.05, 0.1) is 5.56 Å². The van der Waals surface area contributed by atoms with Gasteiger partial charge in [-0.2, -0.15) is 0 Å². The zero-order chi connectivity index (χ0) is 22.0. The van der Waals surface area contributed by atoms with Crippen molar-refractivity contribution in [1.82, 2.24) is 0 Å². The van der Waals surface area contributed by atoms with Crippen molar-refractivity contribution in [1.29, 1.82) is 0 Å². The number of hydrogen-bond acceptors (Lipinski definition) is 3. The second kappa shape index (κ2) is 6.60. The van der Waals surface area contributed by atoms with E-state index in [0.717, 1.165) is 16.4 Å². The van der Waals surface area contributed by atoms with E-state index < -0.39 is 31.2 Å². The number of aromatic carboxylic acids is 1. The summed E-state index contributed by atoms with van der Waals surface area (Å²) in [7, 11) is -2.44. The second-order valence-corrected chi connectivity index (χ2v) is 12.3. The molecule has 2 aliphatic rings. The third kappa shape index (κ3) is 2.77. The maximum absolute atomic E-state index is 15.2. The number of rotatable bonds is 2. The molecule has 0 spiro atoms. The molecule has 0 saturated carbocycles. The number of allylic oxidation sites excluding steroid dienone is 5. The van der Waals surface area contributed by atoms with Crippen molar-refractivity contribution in [2.45, 2.75) is 20.0 Å². The molecule has 0 saturated heterocycles. The number of carboxylic acid groups (broad SMARTS) is 1. The third-order valence-corrected chi connectivity index (χ3v) is 9.28. The summed E-state index contributed by atoms with van der Waals surface area (Å²) in [5.74, 6) is -4.38. The molecule has 7 heteroatoms. The van der Waals surface area contributed by atoms with E-state index >= 15 is 4.39 Å². The third-order valence-electron chi connectivity index (χ3n) is 5.76. The Labute approximate surface area is 172 Å². The molecule has 4 nitrogen and oxygen atoms in total. The van der Waals surface area contributed by atoms with Crippen LogP contribution in [0.3, 0.4) is 0 Å². The maximum atomic E-state index is 15.2. The van der Waals surface area contributed by atoms with Crippen LogP contribution in [0.4, 0.5) is 8.78 Å². The van der Waals surface area contributed by atoms with Gasteiger partial charge in [-0.3, -0.25) is 4.79 Å². The van der Waals surface area contributed by atoms with Crippen molar-refractivity contribution in [2.24, 2.45) is 0 Å². The molecule has 0 bridgehead atoms. The average Bonchev–Trinajstić information content (AvgIpc) is 2.67. The maximum Gasteiger partial charge on any atom is 0.338 e. The van der Waals surface area contributed by atoms with Gasteiger partial charge < -0.3 is 10.2 Å². The predicted octanol–water partition coefficient (Wildman–Crippen LogP) is 4.01. The Morgan fingerprint density at radius 2 is 1.77 bits per heavy atom. The molecule has 2 aromatic carbocycles. The number of aromatic hydroxyl groups is 1. The van der Waals surface area contributed by atoms with E-state index in [1.807, 2.05) is 13.1 Å². The molecule has 2 N–H and O–H groups in total. The van der Waals surface area contributed by atoms with Crippen LogP contribution in [0.5, 0.6) is 5.75 Å². The molecule has 2 aromatic rings. The van der Waals surface area contributed by atoms with E-state index in [-0.39, 0.29) is 22.7 Å². The van der Waals surface area contributed by atoms with Crippen LogP contribution >= 0.6 is 0 Å². The number of aryl methyl sites for hydroxylation is 1. The van der Waals surface area contributed by atoms with Gasteiger partial charge in [0, 0.05) is 5.56 Å². The fraction of sp³-hybridized carbons (Fsp3) is 0.130. The van der Waals surface area contributed by atoms with E-state index in [1.165, 1.54) is 25.1 Å². The molecule has 152 valence electrons. The van der Waals surface area contributed by atoms with Crippen LogP contribution in [0.2, 0.25) is 13.1 Å². The van der Waals surface area contributed by atoms with Gasteiger partial charge >= 0.3 is 5.97 Å². The number of carbonyl (C=O) groups excluding carboxylic acids is 1. The minimum Gasteiger partial charge on any atom is -0.508 e. The Morgan fingerprint density at radius 1 is 1.07 bits per heavy atom. The lowest BCUT2D eigenvalue weighted by Crippen LogP contribution is -2.49. The first kappa shape index (κ1) is 20.0. The lowest BCUT2D eigenvalue weighted by molar-refractivity contribution is -0.110. The van der Waals surface area contributed by atoms with Gasteiger partial charge in [-0.05, 0) is 69.9 Å². The van der Waals surface area contributed by atoms with Crippen molar-refractivity contribution in [3.63, 3.8) is 0 Å². The van der Waals surface area contributed by atoms with Crippen molar-refractivity contribution >= 4 is 30.6 Å². The van der Waals surface area contributed by atoms with Crippen molar-refractivity contribution in [2.75, 3.05) is 0 Å². The lowest BCUT2D eigenvalue weighted by Gasteiger charge is -2.37. The van der Waals surface area contributed by atoms with E-state index in [9.17, 15) is 24.2 Å². The molecule has 0 amide bonds. The number of halogens is 2. The fourth-order valence-electron chi connectivity index (χ4n) is 4.30. The first-order chi connectivity index (χ1) is 14.0. The van der Waals surface area contributed by atoms with Gasteiger partial charge in [0.2, 0.25) is 0 Å². The summed E-state index contributed by atoms with van der Waals surface area (Å²) < 4.78 is 29.9. The average molecular weight is 424 g/mol. The second-order valence-electron chi connectivity index (χ2n) is 7.99. The minimum atomic E-state index is -2.44. The lowest BCUT2D eigenvalue weighted by atomic mass is 9.86. The normalized spacial score (nSPS) is 16.8. The van der Waals surface area contributed by atoms with Crippen LogP contribution in [-0.2, 0) is 4.79 Å².